The summed E-state index contributed by atoms with van der Waals surface area (Å²) in [5, 5.41) is 0.367. The van der Waals surface area contributed by atoms with Gasteiger partial charge in [-0.2, -0.15) is 0 Å². The van der Waals surface area contributed by atoms with Crippen molar-refractivity contribution >= 4 is 16.9 Å². The van der Waals surface area contributed by atoms with Crippen LogP contribution in [0.1, 0.15) is 21.5 Å². The van der Waals surface area contributed by atoms with Gasteiger partial charge in [0.15, 0.2) is 5.76 Å². The fraction of sp³-hybridized carbons (Fsp3) is 0.120. The molecule has 0 aliphatic carbocycles. The molecule has 0 atom stereocenters. The molecule has 0 fully saturated rings. The van der Waals surface area contributed by atoms with E-state index in [0.29, 0.717) is 22.3 Å². The van der Waals surface area contributed by atoms with E-state index in [1.165, 1.54) is 7.11 Å². The van der Waals surface area contributed by atoms with Gasteiger partial charge in [-0.25, -0.2) is 4.79 Å². The highest BCUT2D eigenvalue weighted by atomic mass is 16.5. The van der Waals surface area contributed by atoms with Gasteiger partial charge in [0.25, 0.3) is 0 Å². The lowest BCUT2D eigenvalue weighted by atomic mass is 10.0. The van der Waals surface area contributed by atoms with Crippen LogP contribution < -0.4 is 14.9 Å². The maximum atomic E-state index is 13.3. The molecule has 0 saturated carbocycles. The number of carbonyl (C=O) groups excluding carboxylic acids is 1. The van der Waals surface area contributed by atoms with Crippen LogP contribution in [0.25, 0.3) is 22.3 Å². The highest BCUT2D eigenvalue weighted by Gasteiger charge is 2.22. The zero-order valence-electron chi connectivity index (χ0n) is 16.9. The second-order valence-corrected chi connectivity index (χ2v) is 7.01. The van der Waals surface area contributed by atoms with Crippen LogP contribution >= 0.6 is 0 Å². The number of hydrogen-bond donors (Lipinski definition) is 0. The summed E-state index contributed by atoms with van der Waals surface area (Å²) in [4.78, 5) is 26.1. The van der Waals surface area contributed by atoms with E-state index in [2.05, 4.69) is 0 Å². The van der Waals surface area contributed by atoms with Crippen LogP contribution in [0.5, 0.6) is 11.5 Å². The molecule has 5 heteroatoms. The van der Waals surface area contributed by atoms with Crippen LogP contribution in [-0.4, -0.2) is 13.1 Å². The molecule has 30 heavy (non-hydrogen) atoms. The normalized spacial score (nSPS) is 10.8. The third-order valence-electron chi connectivity index (χ3n) is 5.00. The smallest absolute Gasteiger partial charge is 0.343 e. The minimum absolute atomic E-state index is 0.134. The lowest BCUT2D eigenvalue weighted by Crippen LogP contribution is -2.16. The van der Waals surface area contributed by atoms with E-state index in [4.69, 9.17) is 13.9 Å². The summed E-state index contributed by atoms with van der Waals surface area (Å²) >= 11 is 0. The number of fused-ring (bicyclic) bond motifs is 1. The third-order valence-corrected chi connectivity index (χ3v) is 5.00. The molecule has 0 N–H and O–H groups in total. The zero-order valence-corrected chi connectivity index (χ0v) is 16.9. The molecule has 3 aromatic carbocycles. The zero-order chi connectivity index (χ0) is 21.3. The number of hydrogen-bond acceptors (Lipinski definition) is 5. The Morgan fingerprint density at radius 2 is 1.63 bits per heavy atom. The number of esters is 1. The highest BCUT2D eigenvalue weighted by Crippen LogP contribution is 2.32. The van der Waals surface area contributed by atoms with Crippen LogP contribution in [-0.2, 0) is 0 Å². The Hall–Kier alpha value is -3.86. The van der Waals surface area contributed by atoms with E-state index in [1.54, 1.807) is 42.5 Å². The number of carbonyl (C=O) groups is 1. The van der Waals surface area contributed by atoms with Gasteiger partial charge in [0.1, 0.15) is 11.3 Å². The molecule has 1 aromatic heterocycles. The van der Waals surface area contributed by atoms with Gasteiger partial charge in [0, 0.05) is 5.56 Å². The van der Waals surface area contributed by atoms with Crippen LogP contribution in [0.3, 0.4) is 0 Å². The van der Waals surface area contributed by atoms with Gasteiger partial charge in [-0.3, -0.25) is 4.79 Å². The molecule has 0 aliphatic heterocycles. The van der Waals surface area contributed by atoms with E-state index in [1.807, 2.05) is 38.1 Å². The van der Waals surface area contributed by atoms with Gasteiger partial charge in [-0.1, -0.05) is 36.4 Å². The van der Waals surface area contributed by atoms with E-state index < -0.39 is 11.4 Å². The average Bonchev–Trinajstić information content (AvgIpc) is 2.77. The molecule has 0 radical (unpaired) electrons. The summed E-state index contributed by atoms with van der Waals surface area (Å²) in [5.74, 6) is -0.0664. The average molecular weight is 400 g/mol. The van der Waals surface area contributed by atoms with Crippen molar-refractivity contribution in [2.24, 2.45) is 0 Å². The summed E-state index contributed by atoms with van der Waals surface area (Å²) in [7, 11) is 1.51. The molecule has 0 amide bonds. The summed E-state index contributed by atoms with van der Waals surface area (Å²) < 4.78 is 16.8. The Bertz CT molecular complexity index is 1300. The number of benzene rings is 3. The Morgan fingerprint density at radius 1 is 0.900 bits per heavy atom. The lowest BCUT2D eigenvalue weighted by Gasteiger charge is -2.12. The molecule has 0 spiro atoms. The highest BCUT2D eigenvalue weighted by molar-refractivity contribution is 5.93. The first kappa shape index (κ1) is 19.5. The Labute approximate surface area is 173 Å². The fourth-order valence-corrected chi connectivity index (χ4v) is 3.21. The van der Waals surface area contributed by atoms with Crippen molar-refractivity contribution in [1.82, 2.24) is 0 Å². The number of ether oxygens (including phenoxy) is 2. The SMILES string of the molecule is COc1cccc(C(=O)Oc2c(-c3ccccc3)oc3cc(C)c(C)cc3c2=O)c1. The van der Waals surface area contributed by atoms with Crippen molar-refractivity contribution in [3.8, 4) is 22.8 Å². The van der Waals surface area contributed by atoms with Crippen molar-refractivity contribution in [2.75, 3.05) is 7.11 Å². The first-order valence-electron chi connectivity index (χ1n) is 9.47. The van der Waals surface area contributed by atoms with Crippen LogP contribution in [0.15, 0.2) is 75.9 Å². The Kier molecular flexibility index (Phi) is 5.11. The summed E-state index contributed by atoms with van der Waals surface area (Å²) in [6.07, 6.45) is 0. The molecule has 5 nitrogen and oxygen atoms in total. The summed E-state index contributed by atoms with van der Waals surface area (Å²) in [5.41, 5.74) is 2.92. The number of methoxy groups -OCH3 is 1. The minimum Gasteiger partial charge on any atom is -0.497 e. The molecule has 0 unspecified atom stereocenters. The van der Waals surface area contributed by atoms with Crippen molar-refractivity contribution in [3.05, 3.63) is 93.6 Å². The summed E-state index contributed by atoms with van der Waals surface area (Å²) in [6.45, 7) is 3.87. The molecule has 4 rings (SSSR count). The lowest BCUT2D eigenvalue weighted by molar-refractivity contribution is 0.0731. The van der Waals surface area contributed by atoms with Crippen molar-refractivity contribution in [3.63, 3.8) is 0 Å². The minimum atomic E-state index is -0.665. The van der Waals surface area contributed by atoms with Crippen LogP contribution in [0.4, 0.5) is 0 Å². The van der Waals surface area contributed by atoms with Gasteiger partial charge in [-0.15, -0.1) is 0 Å². The molecule has 1 heterocycles. The molecule has 0 bridgehead atoms. The topological polar surface area (TPSA) is 65.7 Å². The predicted octanol–water partition coefficient (Wildman–Crippen LogP) is 5.30. The van der Waals surface area contributed by atoms with Crippen LogP contribution in [0, 0.1) is 13.8 Å². The summed E-state index contributed by atoms with van der Waals surface area (Å²) in [6, 6.07) is 19.3. The first-order chi connectivity index (χ1) is 14.5. The molecular formula is C25H20O5. The predicted molar refractivity (Wildman–Crippen MR) is 115 cm³/mol. The van der Waals surface area contributed by atoms with Crippen molar-refractivity contribution in [1.29, 1.82) is 0 Å². The number of rotatable bonds is 4. The third kappa shape index (κ3) is 3.57. The van der Waals surface area contributed by atoms with E-state index in [-0.39, 0.29) is 17.1 Å². The number of aryl methyl sites for hydroxylation is 2. The Morgan fingerprint density at radius 3 is 2.37 bits per heavy atom. The Balaban J connectivity index is 1.90. The molecule has 0 aliphatic rings. The van der Waals surface area contributed by atoms with E-state index >= 15 is 0 Å². The van der Waals surface area contributed by atoms with Gasteiger partial charge in [-0.05, 0) is 55.3 Å². The maximum absolute atomic E-state index is 13.3. The molecule has 0 saturated heterocycles. The molecule has 150 valence electrons. The fourth-order valence-electron chi connectivity index (χ4n) is 3.21. The van der Waals surface area contributed by atoms with Gasteiger partial charge < -0.3 is 13.9 Å². The maximum Gasteiger partial charge on any atom is 0.343 e. The van der Waals surface area contributed by atoms with Gasteiger partial charge >= 0.3 is 5.97 Å². The standard InChI is InChI=1S/C25H20O5/c1-15-12-20-21(13-16(15)2)29-23(17-8-5-4-6-9-17)24(22(20)26)30-25(27)18-10-7-11-19(14-18)28-3/h4-14H,1-3H3. The van der Waals surface area contributed by atoms with Crippen LogP contribution in [0.2, 0.25) is 0 Å². The monoisotopic (exact) mass is 400 g/mol. The first-order valence-corrected chi connectivity index (χ1v) is 9.47. The van der Waals surface area contributed by atoms with E-state index in [9.17, 15) is 9.59 Å². The molecule has 4 aromatic rings. The largest absolute Gasteiger partial charge is 0.497 e. The van der Waals surface area contributed by atoms with E-state index in [0.717, 1.165) is 11.1 Å². The second kappa shape index (κ2) is 7.87. The van der Waals surface area contributed by atoms with Gasteiger partial charge in [0.2, 0.25) is 11.2 Å². The molecular weight excluding hydrogens is 380 g/mol. The van der Waals surface area contributed by atoms with Crippen molar-refractivity contribution < 1.29 is 18.7 Å². The van der Waals surface area contributed by atoms with Crippen molar-refractivity contribution in [2.45, 2.75) is 13.8 Å². The van der Waals surface area contributed by atoms with Gasteiger partial charge in [0.05, 0.1) is 18.1 Å². The second-order valence-electron chi connectivity index (χ2n) is 7.01. The quantitative estimate of drug-likeness (QED) is 0.435.